The summed E-state index contributed by atoms with van der Waals surface area (Å²) in [7, 11) is 0. The number of halogens is 1. The molecule has 1 saturated heterocycles. The van der Waals surface area contributed by atoms with Crippen LogP contribution in [0, 0.1) is 11.8 Å². The van der Waals surface area contributed by atoms with Gasteiger partial charge in [-0.2, -0.15) is 0 Å². The molecule has 2 fully saturated rings. The van der Waals surface area contributed by atoms with Gasteiger partial charge in [-0.05, 0) is 31.6 Å². The minimum Gasteiger partial charge on any atom is -0.381 e. The topological polar surface area (TPSA) is 9.23 Å². The zero-order valence-corrected chi connectivity index (χ0v) is 11.7. The predicted octanol–water partition coefficient (Wildman–Crippen LogP) is 4.31. The summed E-state index contributed by atoms with van der Waals surface area (Å²) in [4.78, 5) is 0. The quantitative estimate of drug-likeness (QED) is 0.555. The summed E-state index contributed by atoms with van der Waals surface area (Å²) >= 11 is 3.67. The van der Waals surface area contributed by atoms with E-state index in [0.717, 1.165) is 24.5 Å². The van der Waals surface area contributed by atoms with Gasteiger partial charge in [-0.1, -0.05) is 46.8 Å². The number of allylic oxidation sites excluding steroid dienone is 1. The third kappa shape index (κ3) is 3.59. The Hall–Kier alpha value is 0.180. The number of rotatable bonds is 3. The summed E-state index contributed by atoms with van der Waals surface area (Å²) in [5, 5.41) is 1.06. The fourth-order valence-corrected chi connectivity index (χ4v) is 3.61. The summed E-state index contributed by atoms with van der Waals surface area (Å²) in [6.45, 7) is 1.92. The summed E-state index contributed by atoms with van der Waals surface area (Å²) in [5.74, 6) is 1.54. The van der Waals surface area contributed by atoms with Gasteiger partial charge < -0.3 is 4.74 Å². The van der Waals surface area contributed by atoms with Crippen LogP contribution in [0.4, 0.5) is 0 Å². The van der Waals surface area contributed by atoms with E-state index in [1.54, 1.807) is 5.57 Å². The van der Waals surface area contributed by atoms with Crippen molar-refractivity contribution in [1.29, 1.82) is 0 Å². The Morgan fingerprint density at radius 3 is 2.56 bits per heavy atom. The van der Waals surface area contributed by atoms with Crippen molar-refractivity contribution in [3.05, 3.63) is 11.6 Å². The molecule has 0 aromatic rings. The predicted molar refractivity (Wildman–Crippen MR) is 72.0 cm³/mol. The summed E-state index contributed by atoms with van der Waals surface area (Å²) in [6.07, 6.45) is 12.2. The smallest absolute Gasteiger partial charge is 0.0528 e. The van der Waals surface area contributed by atoms with E-state index in [1.165, 1.54) is 44.9 Å². The molecule has 0 N–H and O–H groups in total. The van der Waals surface area contributed by atoms with Crippen molar-refractivity contribution in [3.63, 3.8) is 0 Å². The van der Waals surface area contributed by atoms with Crippen molar-refractivity contribution >= 4 is 15.9 Å². The first-order valence-corrected chi connectivity index (χ1v) is 7.86. The van der Waals surface area contributed by atoms with Crippen LogP contribution in [-0.4, -0.2) is 18.5 Å². The molecule has 1 nitrogen and oxygen atoms in total. The van der Waals surface area contributed by atoms with Crippen molar-refractivity contribution in [2.24, 2.45) is 11.8 Å². The van der Waals surface area contributed by atoms with E-state index in [9.17, 15) is 0 Å². The molecule has 0 spiro atoms. The van der Waals surface area contributed by atoms with Crippen molar-refractivity contribution in [2.75, 3.05) is 18.5 Å². The van der Waals surface area contributed by atoms with E-state index in [4.69, 9.17) is 4.74 Å². The molecule has 2 rings (SSSR count). The van der Waals surface area contributed by atoms with Crippen LogP contribution in [0.25, 0.3) is 0 Å². The van der Waals surface area contributed by atoms with Crippen LogP contribution < -0.4 is 0 Å². The highest BCUT2D eigenvalue weighted by atomic mass is 79.9. The van der Waals surface area contributed by atoms with Gasteiger partial charge in [0.2, 0.25) is 0 Å². The Morgan fingerprint density at radius 1 is 1.12 bits per heavy atom. The molecule has 1 saturated carbocycles. The molecule has 92 valence electrons. The Kier molecular flexibility index (Phi) is 5.37. The van der Waals surface area contributed by atoms with E-state index in [2.05, 4.69) is 22.0 Å². The van der Waals surface area contributed by atoms with Gasteiger partial charge >= 0.3 is 0 Å². The lowest BCUT2D eigenvalue weighted by Crippen LogP contribution is -2.18. The fourth-order valence-electron chi connectivity index (χ4n) is 2.96. The molecule has 1 aliphatic carbocycles. The van der Waals surface area contributed by atoms with E-state index in [0.29, 0.717) is 5.92 Å². The average molecular weight is 287 g/mol. The van der Waals surface area contributed by atoms with E-state index >= 15 is 0 Å². The van der Waals surface area contributed by atoms with Crippen LogP contribution in [0.2, 0.25) is 0 Å². The standard InChI is InChI=1S/C14H23BrO/c15-10-14(13-6-2-1-3-7-13)9-12-5-4-8-16-11-12/h9,12-13H,1-8,10-11H2/b14-9-. The van der Waals surface area contributed by atoms with Gasteiger partial charge in [0.1, 0.15) is 0 Å². The highest BCUT2D eigenvalue weighted by Crippen LogP contribution is 2.32. The van der Waals surface area contributed by atoms with Crippen molar-refractivity contribution in [1.82, 2.24) is 0 Å². The van der Waals surface area contributed by atoms with Gasteiger partial charge in [-0.15, -0.1) is 0 Å². The summed E-state index contributed by atoms with van der Waals surface area (Å²) in [5.41, 5.74) is 1.65. The maximum absolute atomic E-state index is 5.55. The van der Waals surface area contributed by atoms with E-state index < -0.39 is 0 Å². The van der Waals surface area contributed by atoms with Crippen molar-refractivity contribution in [3.8, 4) is 0 Å². The monoisotopic (exact) mass is 286 g/mol. The van der Waals surface area contributed by atoms with Crippen LogP contribution in [0.5, 0.6) is 0 Å². The fraction of sp³-hybridized carbons (Fsp3) is 0.857. The molecule has 1 aliphatic heterocycles. The minimum absolute atomic E-state index is 0.684. The summed E-state index contributed by atoms with van der Waals surface area (Å²) < 4.78 is 5.55. The number of alkyl halides is 1. The first kappa shape index (κ1) is 12.6. The zero-order valence-electron chi connectivity index (χ0n) is 10.1. The molecule has 0 aromatic carbocycles. The molecule has 0 aromatic heterocycles. The largest absolute Gasteiger partial charge is 0.381 e. The van der Waals surface area contributed by atoms with Gasteiger partial charge in [0.15, 0.2) is 0 Å². The third-order valence-corrected chi connectivity index (χ3v) is 4.58. The Bertz CT molecular complexity index is 225. The third-order valence-electron chi connectivity index (χ3n) is 3.93. The van der Waals surface area contributed by atoms with Crippen LogP contribution >= 0.6 is 15.9 Å². The van der Waals surface area contributed by atoms with Gasteiger partial charge in [0.25, 0.3) is 0 Å². The molecule has 2 aliphatic rings. The molecule has 0 amide bonds. The highest BCUT2D eigenvalue weighted by molar-refractivity contribution is 9.09. The van der Waals surface area contributed by atoms with Crippen LogP contribution in [0.3, 0.4) is 0 Å². The molecule has 1 heterocycles. The minimum atomic E-state index is 0.684. The summed E-state index contributed by atoms with van der Waals surface area (Å²) in [6, 6.07) is 0. The molecule has 1 atom stereocenters. The van der Waals surface area contributed by atoms with Gasteiger partial charge in [0, 0.05) is 17.9 Å². The van der Waals surface area contributed by atoms with Crippen molar-refractivity contribution < 1.29 is 4.74 Å². The molecule has 0 radical (unpaired) electrons. The lowest BCUT2D eigenvalue weighted by Gasteiger charge is -2.26. The normalized spacial score (nSPS) is 29.3. The lowest BCUT2D eigenvalue weighted by atomic mass is 9.83. The lowest BCUT2D eigenvalue weighted by molar-refractivity contribution is 0.0705. The van der Waals surface area contributed by atoms with Gasteiger partial charge in [-0.3, -0.25) is 0 Å². The molecular weight excluding hydrogens is 264 g/mol. The van der Waals surface area contributed by atoms with E-state index in [1.807, 2.05) is 0 Å². The zero-order chi connectivity index (χ0) is 11.2. The molecule has 16 heavy (non-hydrogen) atoms. The second-order valence-electron chi connectivity index (χ2n) is 5.19. The number of hydrogen-bond acceptors (Lipinski definition) is 1. The second-order valence-corrected chi connectivity index (χ2v) is 5.75. The van der Waals surface area contributed by atoms with Crippen molar-refractivity contribution in [2.45, 2.75) is 44.9 Å². The maximum atomic E-state index is 5.55. The van der Waals surface area contributed by atoms with Crippen LogP contribution in [0.1, 0.15) is 44.9 Å². The highest BCUT2D eigenvalue weighted by Gasteiger charge is 2.19. The molecule has 2 heteroatoms. The number of hydrogen-bond donors (Lipinski definition) is 0. The van der Waals surface area contributed by atoms with Crippen LogP contribution in [-0.2, 0) is 4.74 Å². The van der Waals surface area contributed by atoms with Gasteiger partial charge in [-0.25, -0.2) is 0 Å². The SMILES string of the molecule is BrC/C(=C/C1CCCOC1)C1CCCCC1. The molecule has 1 unspecified atom stereocenters. The Morgan fingerprint density at radius 2 is 1.94 bits per heavy atom. The van der Waals surface area contributed by atoms with E-state index in [-0.39, 0.29) is 0 Å². The molecule has 0 bridgehead atoms. The maximum Gasteiger partial charge on any atom is 0.0528 e. The second kappa shape index (κ2) is 6.80. The number of ether oxygens (including phenoxy) is 1. The molecular formula is C14H23BrO. The van der Waals surface area contributed by atoms with Gasteiger partial charge in [0.05, 0.1) is 6.61 Å². The average Bonchev–Trinajstić information content (AvgIpc) is 2.38. The Balaban J connectivity index is 1.93. The van der Waals surface area contributed by atoms with Crippen LogP contribution in [0.15, 0.2) is 11.6 Å². The first-order valence-electron chi connectivity index (χ1n) is 6.74. The Labute approximate surface area is 108 Å². The first-order chi connectivity index (χ1) is 7.90.